The van der Waals surface area contributed by atoms with Crippen molar-refractivity contribution < 1.29 is 4.74 Å². The first kappa shape index (κ1) is 13.7. The van der Waals surface area contributed by atoms with Crippen molar-refractivity contribution in [1.82, 2.24) is 5.32 Å². The van der Waals surface area contributed by atoms with E-state index in [1.165, 1.54) is 31.3 Å². The number of hydrogen-bond donors (Lipinski definition) is 1. The first-order valence-electron chi connectivity index (χ1n) is 6.55. The lowest BCUT2D eigenvalue weighted by Crippen LogP contribution is -2.45. The Bertz CT molecular complexity index is 215. The first-order chi connectivity index (χ1) is 7.62. The van der Waals surface area contributed by atoms with E-state index in [0.717, 1.165) is 19.4 Å². The molecule has 1 unspecified atom stereocenters. The highest BCUT2D eigenvalue weighted by atomic mass is 16.5. The summed E-state index contributed by atoms with van der Waals surface area (Å²) >= 11 is 0. The van der Waals surface area contributed by atoms with Gasteiger partial charge in [-0.1, -0.05) is 12.5 Å². The van der Waals surface area contributed by atoms with E-state index in [0.29, 0.717) is 6.04 Å². The molecule has 1 fully saturated rings. The van der Waals surface area contributed by atoms with Crippen molar-refractivity contribution in [1.29, 1.82) is 0 Å². The van der Waals surface area contributed by atoms with Gasteiger partial charge in [0.2, 0.25) is 0 Å². The van der Waals surface area contributed by atoms with Gasteiger partial charge in [0, 0.05) is 13.2 Å². The Morgan fingerprint density at radius 2 is 2.19 bits per heavy atom. The molecule has 0 aromatic heterocycles. The number of ether oxygens (including phenoxy) is 1. The molecule has 94 valence electrons. The monoisotopic (exact) mass is 225 g/mol. The van der Waals surface area contributed by atoms with Gasteiger partial charge in [0.1, 0.15) is 0 Å². The van der Waals surface area contributed by atoms with Gasteiger partial charge in [0.15, 0.2) is 0 Å². The quantitative estimate of drug-likeness (QED) is 0.640. The molecule has 1 N–H and O–H groups in total. The van der Waals surface area contributed by atoms with Crippen molar-refractivity contribution in [3.05, 3.63) is 12.2 Å². The maximum atomic E-state index is 5.69. The van der Waals surface area contributed by atoms with Gasteiger partial charge in [0.25, 0.3) is 0 Å². The number of hydrogen-bond acceptors (Lipinski definition) is 2. The summed E-state index contributed by atoms with van der Waals surface area (Å²) in [6, 6.07) is 0.585. The molecule has 0 aliphatic heterocycles. The number of allylic oxidation sites excluding steroid dienone is 1. The van der Waals surface area contributed by atoms with Crippen LogP contribution in [0.2, 0.25) is 0 Å². The zero-order valence-corrected chi connectivity index (χ0v) is 11.1. The van der Waals surface area contributed by atoms with E-state index >= 15 is 0 Å². The summed E-state index contributed by atoms with van der Waals surface area (Å²) < 4.78 is 5.69. The van der Waals surface area contributed by atoms with Crippen LogP contribution in [0, 0.1) is 0 Å². The topological polar surface area (TPSA) is 21.3 Å². The van der Waals surface area contributed by atoms with Crippen LogP contribution in [0.3, 0.4) is 0 Å². The molecule has 16 heavy (non-hydrogen) atoms. The molecule has 0 aromatic carbocycles. The number of nitrogens with one attached hydrogen (secondary N) is 1. The standard InChI is InChI=1S/C14H27NO/c1-5-15-13(8-7-12(2)3)11-14(16-4)9-6-10-14/h13,15H,2,5-11H2,1,3-4H3. The molecule has 0 aromatic rings. The molecule has 1 aliphatic carbocycles. The highest BCUT2D eigenvalue weighted by molar-refractivity contribution is 4.95. The van der Waals surface area contributed by atoms with Gasteiger partial charge in [0.05, 0.1) is 5.60 Å². The van der Waals surface area contributed by atoms with Gasteiger partial charge >= 0.3 is 0 Å². The summed E-state index contributed by atoms with van der Waals surface area (Å²) in [6.45, 7) is 9.31. The summed E-state index contributed by atoms with van der Waals surface area (Å²) in [6.07, 6.45) is 7.26. The van der Waals surface area contributed by atoms with Crippen molar-refractivity contribution in [2.75, 3.05) is 13.7 Å². The molecular weight excluding hydrogens is 198 g/mol. The molecular formula is C14H27NO. The predicted molar refractivity (Wildman–Crippen MR) is 69.7 cm³/mol. The van der Waals surface area contributed by atoms with E-state index in [-0.39, 0.29) is 5.60 Å². The summed E-state index contributed by atoms with van der Waals surface area (Å²) in [5.41, 5.74) is 1.46. The Balaban J connectivity index is 2.39. The molecule has 0 radical (unpaired) electrons. The molecule has 1 rings (SSSR count). The zero-order valence-electron chi connectivity index (χ0n) is 11.1. The second-order valence-electron chi connectivity index (χ2n) is 5.20. The molecule has 1 saturated carbocycles. The predicted octanol–water partition coefficient (Wildman–Crippen LogP) is 3.28. The van der Waals surface area contributed by atoms with Crippen LogP contribution in [0.15, 0.2) is 12.2 Å². The first-order valence-corrected chi connectivity index (χ1v) is 6.55. The SMILES string of the molecule is C=C(C)CCC(CC1(OC)CCC1)NCC. The lowest BCUT2D eigenvalue weighted by molar-refractivity contribution is -0.0837. The largest absolute Gasteiger partial charge is 0.378 e. The van der Waals surface area contributed by atoms with Crippen LogP contribution in [0.25, 0.3) is 0 Å². The lowest BCUT2D eigenvalue weighted by atomic mass is 9.75. The van der Waals surface area contributed by atoms with Gasteiger partial charge in [-0.25, -0.2) is 0 Å². The Kier molecular flexibility index (Phi) is 5.50. The van der Waals surface area contributed by atoms with Gasteiger partial charge < -0.3 is 10.1 Å². The van der Waals surface area contributed by atoms with E-state index < -0.39 is 0 Å². The van der Waals surface area contributed by atoms with E-state index in [2.05, 4.69) is 25.7 Å². The van der Waals surface area contributed by atoms with E-state index in [1.807, 2.05) is 7.11 Å². The molecule has 0 heterocycles. The minimum Gasteiger partial charge on any atom is -0.378 e. The fourth-order valence-corrected chi connectivity index (χ4v) is 2.50. The van der Waals surface area contributed by atoms with Crippen molar-refractivity contribution >= 4 is 0 Å². The second-order valence-corrected chi connectivity index (χ2v) is 5.20. The fraction of sp³-hybridized carbons (Fsp3) is 0.857. The average molecular weight is 225 g/mol. The van der Waals surface area contributed by atoms with Crippen molar-refractivity contribution in [2.45, 2.75) is 64.0 Å². The molecule has 0 bridgehead atoms. The van der Waals surface area contributed by atoms with Crippen LogP contribution in [-0.4, -0.2) is 25.3 Å². The Labute approximate surface area is 100 Å². The summed E-state index contributed by atoms with van der Waals surface area (Å²) in [5, 5.41) is 3.58. The molecule has 0 saturated heterocycles. The highest BCUT2D eigenvalue weighted by Crippen LogP contribution is 2.39. The van der Waals surface area contributed by atoms with Crippen LogP contribution >= 0.6 is 0 Å². The Hall–Kier alpha value is -0.340. The van der Waals surface area contributed by atoms with Crippen LogP contribution < -0.4 is 5.32 Å². The molecule has 2 heteroatoms. The van der Waals surface area contributed by atoms with Crippen LogP contribution in [0.4, 0.5) is 0 Å². The minimum absolute atomic E-state index is 0.182. The number of methoxy groups -OCH3 is 1. The van der Waals surface area contributed by atoms with Gasteiger partial charge in [-0.15, -0.1) is 6.58 Å². The zero-order chi connectivity index (χ0) is 12.0. The smallest absolute Gasteiger partial charge is 0.0693 e. The van der Waals surface area contributed by atoms with Crippen LogP contribution in [0.1, 0.15) is 52.4 Å². The fourth-order valence-electron chi connectivity index (χ4n) is 2.50. The second kappa shape index (κ2) is 6.41. The highest BCUT2D eigenvalue weighted by Gasteiger charge is 2.38. The van der Waals surface area contributed by atoms with Crippen molar-refractivity contribution in [3.63, 3.8) is 0 Å². The molecule has 0 spiro atoms. The third kappa shape index (κ3) is 3.91. The van der Waals surface area contributed by atoms with Crippen LogP contribution in [0.5, 0.6) is 0 Å². The Morgan fingerprint density at radius 3 is 2.56 bits per heavy atom. The maximum Gasteiger partial charge on any atom is 0.0693 e. The minimum atomic E-state index is 0.182. The summed E-state index contributed by atoms with van der Waals surface area (Å²) in [4.78, 5) is 0. The molecule has 0 amide bonds. The molecule has 1 aliphatic rings. The average Bonchev–Trinajstić information content (AvgIpc) is 2.19. The van der Waals surface area contributed by atoms with Gasteiger partial charge in [-0.05, 0) is 52.0 Å². The van der Waals surface area contributed by atoms with E-state index in [1.54, 1.807) is 0 Å². The third-order valence-electron chi connectivity index (χ3n) is 3.73. The molecule has 2 nitrogen and oxygen atoms in total. The normalized spacial score (nSPS) is 20.2. The van der Waals surface area contributed by atoms with E-state index in [9.17, 15) is 0 Å². The summed E-state index contributed by atoms with van der Waals surface area (Å²) in [7, 11) is 1.86. The van der Waals surface area contributed by atoms with Crippen molar-refractivity contribution in [2.24, 2.45) is 0 Å². The third-order valence-corrected chi connectivity index (χ3v) is 3.73. The van der Waals surface area contributed by atoms with Gasteiger partial charge in [-0.2, -0.15) is 0 Å². The number of rotatable bonds is 8. The Morgan fingerprint density at radius 1 is 1.50 bits per heavy atom. The lowest BCUT2D eigenvalue weighted by Gasteiger charge is -2.43. The van der Waals surface area contributed by atoms with E-state index in [4.69, 9.17) is 4.74 Å². The van der Waals surface area contributed by atoms with Crippen molar-refractivity contribution in [3.8, 4) is 0 Å². The molecule has 1 atom stereocenters. The van der Waals surface area contributed by atoms with Crippen LogP contribution in [-0.2, 0) is 4.74 Å². The van der Waals surface area contributed by atoms with Gasteiger partial charge in [-0.3, -0.25) is 0 Å². The summed E-state index contributed by atoms with van der Waals surface area (Å²) in [5.74, 6) is 0. The maximum absolute atomic E-state index is 5.69.